The SMILES string of the molecule is CCOc1ccc(S(=O)(=O)Nc2cccc(Cl)c2C)cc1NC(=O)c1ccccc1F. The van der Waals surface area contributed by atoms with Crippen LogP contribution in [0.1, 0.15) is 22.8 Å². The van der Waals surface area contributed by atoms with Crippen molar-refractivity contribution in [3.05, 3.63) is 82.6 Å². The van der Waals surface area contributed by atoms with Crippen molar-refractivity contribution in [2.24, 2.45) is 0 Å². The molecular weight excluding hydrogens is 443 g/mol. The molecule has 0 bridgehead atoms. The molecule has 0 saturated heterocycles. The number of halogens is 2. The minimum atomic E-state index is -4.00. The summed E-state index contributed by atoms with van der Waals surface area (Å²) in [7, 11) is -4.00. The van der Waals surface area contributed by atoms with Crippen molar-refractivity contribution in [2.75, 3.05) is 16.6 Å². The summed E-state index contributed by atoms with van der Waals surface area (Å²) in [5.74, 6) is -1.17. The quantitative estimate of drug-likeness (QED) is 0.503. The highest BCUT2D eigenvalue weighted by atomic mass is 35.5. The van der Waals surface area contributed by atoms with Gasteiger partial charge < -0.3 is 10.1 Å². The zero-order valence-electron chi connectivity index (χ0n) is 16.8. The third kappa shape index (κ3) is 5.15. The molecule has 0 aliphatic heterocycles. The number of benzene rings is 3. The maximum atomic E-state index is 14.0. The van der Waals surface area contributed by atoms with E-state index < -0.39 is 21.7 Å². The Morgan fingerprint density at radius 1 is 1.06 bits per heavy atom. The van der Waals surface area contributed by atoms with E-state index in [1.54, 1.807) is 32.0 Å². The molecule has 3 rings (SSSR count). The summed E-state index contributed by atoms with van der Waals surface area (Å²) in [6, 6.07) is 14.4. The topological polar surface area (TPSA) is 84.5 Å². The molecule has 0 aromatic heterocycles. The van der Waals surface area contributed by atoms with Gasteiger partial charge in [-0.2, -0.15) is 0 Å². The van der Waals surface area contributed by atoms with Crippen LogP contribution in [-0.4, -0.2) is 20.9 Å². The molecule has 3 aromatic carbocycles. The number of sulfonamides is 1. The molecule has 0 spiro atoms. The molecule has 0 aliphatic rings. The summed E-state index contributed by atoms with van der Waals surface area (Å²) in [5, 5.41) is 2.95. The number of anilines is 2. The lowest BCUT2D eigenvalue weighted by molar-refractivity contribution is 0.102. The van der Waals surface area contributed by atoms with Crippen molar-refractivity contribution >= 4 is 38.9 Å². The van der Waals surface area contributed by atoms with Gasteiger partial charge in [-0.1, -0.05) is 29.8 Å². The lowest BCUT2D eigenvalue weighted by Crippen LogP contribution is -2.17. The number of ether oxygens (including phenoxy) is 1. The van der Waals surface area contributed by atoms with Gasteiger partial charge in [0.05, 0.1) is 28.4 Å². The molecule has 0 fully saturated rings. The lowest BCUT2D eigenvalue weighted by atomic mass is 10.2. The van der Waals surface area contributed by atoms with Gasteiger partial charge in [-0.05, 0) is 61.9 Å². The predicted octanol–water partition coefficient (Wildman–Crippen LogP) is 5.24. The Labute approximate surface area is 185 Å². The first kappa shape index (κ1) is 22.6. The maximum absolute atomic E-state index is 14.0. The van der Waals surface area contributed by atoms with Crippen LogP contribution in [-0.2, 0) is 10.0 Å². The highest BCUT2D eigenvalue weighted by Crippen LogP contribution is 2.31. The van der Waals surface area contributed by atoms with Gasteiger partial charge in [0, 0.05) is 5.02 Å². The Morgan fingerprint density at radius 2 is 1.81 bits per heavy atom. The summed E-state index contributed by atoms with van der Waals surface area (Å²) >= 11 is 6.07. The third-order valence-electron chi connectivity index (χ3n) is 4.44. The smallest absolute Gasteiger partial charge is 0.261 e. The van der Waals surface area contributed by atoms with Crippen LogP contribution in [0, 0.1) is 12.7 Å². The van der Waals surface area contributed by atoms with Crippen molar-refractivity contribution in [2.45, 2.75) is 18.7 Å². The number of amides is 1. The van der Waals surface area contributed by atoms with Crippen LogP contribution in [0.4, 0.5) is 15.8 Å². The lowest BCUT2D eigenvalue weighted by Gasteiger charge is -2.15. The molecule has 6 nitrogen and oxygen atoms in total. The molecule has 0 aliphatic carbocycles. The Bertz CT molecular complexity index is 1230. The molecule has 1 amide bonds. The standard InChI is InChI=1S/C22H20ClFN2O4S/c1-3-30-21-12-11-15(31(28,29)26-19-10-6-8-17(23)14(19)2)13-20(21)25-22(27)16-7-4-5-9-18(16)24/h4-13,26H,3H2,1-2H3,(H,25,27). The molecule has 0 saturated carbocycles. The van der Waals surface area contributed by atoms with E-state index in [4.69, 9.17) is 16.3 Å². The van der Waals surface area contributed by atoms with Crippen molar-refractivity contribution in [1.82, 2.24) is 0 Å². The second-order valence-electron chi connectivity index (χ2n) is 6.54. The van der Waals surface area contributed by atoms with Crippen LogP contribution in [0.3, 0.4) is 0 Å². The number of rotatable bonds is 7. The van der Waals surface area contributed by atoms with Crippen molar-refractivity contribution in [3.63, 3.8) is 0 Å². The number of hydrogen-bond acceptors (Lipinski definition) is 4. The van der Waals surface area contributed by atoms with E-state index in [1.165, 1.54) is 36.4 Å². The zero-order chi connectivity index (χ0) is 22.6. The Kier molecular flexibility index (Phi) is 6.82. The molecule has 0 atom stereocenters. The zero-order valence-corrected chi connectivity index (χ0v) is 18.4. The first-order chi connectivity index (χ1) is 14.7. The van der Waals surface area contributed by atoms with E-state index in [2.05, 4.69) is 10.0 Å². The first-order valence-corrected chi connectivity index (χ1v) is 11.2. The second-order valence-corrected chi connectivity index (χ2v) is 8.63. The van der Waals surface area contributed by atoms with E-state index >= 15 is 0 Å². The Hall–Kier alpha value is -3.10. The number of carbonyl (C=O) groups is 1. The average molecular weight is 463 g/mol. The van der Waals surface area contributed by atoms with Crippen LogP contribution < -0.4 is 14.8 Å². The summed E-state index contributed by atoms with van der Waals surface area (Å²) < 4.78 is 47.8. The molecule has 2 N–H and O–H groups in total. The minimum Gasteiger partial charge on any atom is -0.492 e. The Morgan fingerprint density at radius 3 is 2.52 bits per heavy atom. The van der Waals surface area contributed by atoms with Crippen LogP contribution >= 0.6 is 11.6 Å². The van der Waals surface area contributed by atoms with E-state index in [1.807, 2.05) is 0 Å². The highest BCUT2D eigenvalue weighted by Gasteiger charge is 2.20. The van der Waals surface area contributed by atoms with Gasteiger partial charge in [0.2, 0.25) is 0 Å². The second kappa shape index (κ2) is 9.36. The maximum Gasteiger partial charge on any atom is 0.261 e. The molecule has 31 heavy (non-hydrogen) atoms. The average Bonchev–Trinajstić information content (AvgIpc) is 2.73. The number of nitrogens with one attached hydrogen (secondary N) is 2. The number of carbonyl (C=O) groups excluding carboxylic acids is 1. The van der Waals surface area contributed by atoms with Crippen molar-refractivity contribution in [1.29, 1.82) is 0 Å². The van der Waals surface area contributed by atoms with Crippen LogP contribution in [0.2, 0.25) is 5.02 Å². The van der Waals surface area contributed by atoms with Crippen molar-refractivity contribution in [3.8, 4) is 5.75 Å². The van der Waals surface area contributed by atoms with Crippen LogP contribution in [0.15, 0.2) is 65.6 Å². The molecule has 3 aromatic rings. The minimum absolute atomic E-state index is 0.0980. The fourth-order valence-corrected chi connectivity index (χ4v) is 4.14. The van der Waals surface area contributed by atoms with Gasteiger partial charge in [-0.3, -0.25) is 9.52 Å². The van der Waals surface area contributed by atoms with Gasteiger partial charge >= 0.3 is 0 Å². The first-order valence-electron chi connectivity index (χ1n) is 9.33. The molecule has 0 heterocycles. The molecule has 162 valence electrons. The van der Waals surface area contributed by atoms with Gasteiger partial charge in [0.15, 0.2) is 0 Å². The van der Waals surface area contributed by atoms with E-state index in [0.717, 1.165) is 6.07 Å². The van der Waals surface area contributed by atoms with E-state index in [-0.39, 0.29) is 28.5 Å². The highest BCUT2D eigenvalue weighted by molar-refractivity contribution is 7.92. The normalized spacial score (nSPS) is 11.1. The molecule has 0 radical (unpaired) electrons. The summed E-state index contributed by atoms with van der Waals surface area (Å²) in [5.41, 5.74) is 0.830. The molecule has 9 heteroatoms. The predicted molar refractivity (Wildman–Crippen MR) is 119 cm³/mol. The van der Waals surface area contributed by atoms with Gasteiger partial charge in [0.25, 0.3) is 15.9 Å². The summed E-state index contributed by atoms with van der Waals surface area (Å²) in [6.45, 7) is 3.73. The van der Waals surface area contributed by atoms with E-state index in [9.17, 15) is 17.6 Å². The van der Waals surface area contributed by atoms with Gasteiger partial charge in [-0.15, -0.1) is 0 Å². The largest absolute Gasteiger partial charge is 0.492 e. The third-order valence-corrected chi connectivity index (χ3v) is 6.21. The molecular formula is C22H20ClFN2O4S. The van der Waals surface area contributed by atoms with Gasteiger partial charge in [0.1, 0.15) is 11.6 Å². The molecule has 0 unspecified atom stereocenters. The van der Waals surface area contributed by atoms with Gasteiger partial charge in [-0.25, -0.2) is 12.8 Å². The monoisotopic (exact) mass is 462 g/mol. The van der Waals surface area contributed by atoms with Crippen molar-refractivity contribution < 1.29 is 22.3 Å². The fourth-order valence-electron chi connectivity index (χ4n) is 2.81. The van der Waals surface area contributed by atoms with E-state index in [0.29, 0.717) is 16.3 Å². The Balaban J connectivity index is 1.96. The van der Waals surface area contributed by atoms with Crippen LogP contribution in [0.25, 0.3) is 0 Å². The summed E-state index contributed by atoms with van der Waals surface area (Å²) in [6.07, 6.45) is 0. The summed E-state index contributed by atoms with van der Waals surface area (Å²) in [4.78, 5) is 12.4. The number of hydrogen-bond donors (Lipinski definition) is 2. The van der Waals surface area contributed by atoms with Crippen LogP contribution in [0.5, 0.6) is 5.75 Å². The fraction of sp³-hybridized carbons (Fsp3) is 0.136.